The summed E-state index contributed by atoms with van der Waals surface area (Å²) in [4.78, 5) is 11.6. The molecule has 0 aliphatic heterocycles. The maximum absolute atomic E-state index is 4.35. The third-order valence-electron chi connectivity index (χ3n) is 1.65. The SMILES string of the molecule is Cc1csc(-c2nc[nH]c2C)n1. The molecular weight excluding hydrogens is 170 g/mol. The molecule has 0 aliphatic rings. The summed E-state index contributed by atoms with van der Waals surface area (Å²) in [5, 5.41) is 3.02. The normalized spacial score (nSPS) is 10.5. The number of nitrogens with one attached hydrogen (secondary N) is 1. The summed E-state index contributed by atoms with van der Waals surface area (Å²) in [5.74, 6) is 0. The minimum atomic E-state index is 0.966. The molecule has 2 rings (SSSR count). The lowest BCUT2D eigenvalue weighted by molar-refractivity contribution is 1.24. The predicted octanol–water partition coefficient (Wildman–Crippen LogP) is 2.15. The highest BCUT2D eigenvalue weighted by atomic mass is 32.1. The first-order valence-corrected chi connectivity index (χ1v) is 4.58. The van der Waals surface area contributed by atoms with Crippen LogP contribution in [0.3, 0.4) is 0 Å². The summed E-state index contributed by atoms with van der Waals surface area (Å²) in [6, 6.07) is 0. The molecule has 1 N–H and O–H groups in total. The van der Waals surface area contributed by atoms with Crippen molar-refractivity contribution < 1.29 is 0 Å². The van der Waals surface area contributed by atoms with Crippen LogP contribution in [0.1, 0.15) is 11.4 Å². The number of hydrogen-bond donors (Lipinski definition) is 1. The van der Waals surface area contributed by atoms with E-state index in [4.69, 9.17) is 0 Å². The number of thiazole rings is 1. The van der Waals surface area contributed by atoms with E-state index in [1.54, 1.807) is 17.7 Å². The van der Waals surface area contributed by atoms with Gasteiger partial charge in [-0.05, 0) is 13.8 Å². The number of aryl methyl sites for hydroxylation is 2. The van der Waals surface area contributed by atoms with Gasteiger partial charge in [0.25, 0.3) is 0 Å². The zero-order valence-corrected chi connectivity index (χ0v) is 7.77. The number of aromatic nitrogens is 3. The summed E-state index contributed by atoms with van der Waals surface area (Å²) >= 11 is 1.63. The molecule has 0 aromatic carbocycles. The number of nitrogens with zero attached hydrogens (tertiary/aromatic N) is 2. The van der Waals surface area contributed by atoms with E-state index in [1.165, 1.54) is 0 Å². The molecule has 2 heterocycles. The molecular formula is C8H9N3S. The summed E-state index contributed by atoms with van der Waals surface area (Å²) in [6.07, 6.45) is 1.70. The molecule has 2 aromatic rings. The van der Waals surface area contributed by atoms with E-state index >= 15 is 0 Å². The molecule has 0 atom stereocenters. The Morgan fingerprint density at radius 3 is 2.75 bits per heavy atom. The van der Waals surface area contributed by atoms with Gasteiger partial charge in [-0.15, -0.1) is 11.3 Å². The molecule has 4 heteroatoms. The lowest BCUT2D eigenvalue weighted by atomic mass is 10.4. The van der Waals surface area contributed by atoms with Crippen LogP contribution in [0.2, 0.25) is 0 Å². The lowest BCUT2D eigenvalue weighted by Crippen LogP contribution is -1.79. The highest BCUT2D eigenvalue weighted by Gasteiger charge is 2.07. The topological polar surface area (TPSA) is 41.6 Å². The average molecular weight is 179 g/mol. The maximum Gasteiger partial charge on any atom is 0.143 e. The molecule has 3 nitrogen and oxygen atoms in total. The van der Waals surface area contributed by atoms with E-state index < -0.39 is 0 Å². The number of aromatic amines is 1. The van der Waals surface area contributed by atoms with Crippen LogP contribution >= 0.6 is 11.3 Å². The standard InChI is InChI=1S/C8H9N3S/c1-5-3-12-8(11-5)7-6(2)9-4-10-7/h3-4H,1-2H3,(H,9,10). The van der Waals surface area contributed by atoms with Crippen molar-refractivity contribution in [2.45, 2.75) is 13.8 Å². The molecule has 0 saturated carbocycles. The van der Waals surface area contributed by atoms with Crippen molar-refractivity contribution >= 4 is 11.3 Å². The van der Waals surface area contributed by atoms with Gasteiger partial charge in [0.15, 0.2) is 0 Å². The summed E-state index contributed by atoms with van der Waals surface area (Å²) in [6.45, 7) is 3.99. The zero-order chi connectivity index (χ0) is 8.55. The van der Waals surface area contributed by atoms with Crippen molar-refractivity contribution in [1.29, 1.82) is 0 Å². The first-order chi connectivity index (χ1) is 5.77. The highest BCUT2D eigenvalue weighted by molar-refractivity contribution is 7.13. The molecule has 62 valence electrons. The van der Waals surface area contributed by atoms with Gasteiger partial charge in [-0.25, -0.2) is 9.97 Å². The van der Waals surface area contributed by atoms with Crippen molar-refractivity contribution in [3.63, 3.8) is 0 Å². The van der Waals surface area contributed by atoms with Gasteiger partial charge >= 0.3 is 0 Å². The van der Waals surface area contributed by atoms with E-state index in [1.807, 2.05) is 19.2 Å². The van der Waals surface area contributed by atoms with Crippen LogP contribution in [0, 0.1) is 13.8 Å². The molecule has 0 radical (unpaired) electrons. The molecule has 0 saturated heterocycles. The second kappa shape index (κ2) is 2.71. The largest absolute Gasteiger partial charge is 0.348 e. The van der Waals surface area contributed by atoms with Crippen LogP contribution in [-0.4, -0.2) is 15.0 Å². The van der Waals surface area contributed by atoms with Crippen LogP contribution in [0.15, 0.2) is 11.7 Å². The fourth-order valence-electron chi connectivity index (χ4n) is 1.04. The van der Waals surface area contributed by atoms with Crippen LogP contribution in [0.4, 0.5) is 0 Å². The molecule has 0 amide bonds. The Morgan fingerprint density at radius 1 is 1.42 bits per heavy atom. The second-order valence-electron chi connectivity index (χ2n) is 2.67. The first kappa shape index (κ1) is 7.49. The van der Waals surface area contributed by atoms with Crippen LogP contribution < -0.4 is 0 Å². The first-order valence-electron chi connectivity index (χ1n) is 3.70. The molecule has 0 unspecified atom stereocenters. The number of imidazole rings is 1. The van der Waals surface area contributed by atoms with E-state index in [2.05, 4.69) is 15.0 Å². The molecule has 0 bridgehead atoms. The van der Waals surface area contributed by atoms with Crippen molar-refractivity contribution in [3.8, 4) is 10.7 Å². The zero-order valence-electron chi connectivity index (χ0n) is 6.96. The Bertz CT molecular complexity index is 388. The molecule has 0 fully saturated rings. The Hall–Kier alpha value is -1.16. The Morgan fingerprint density at radius 2 is 2.25 bits per heavy atom. The summed E-state index contributed by atoms with van der Waals surface area (Å²) in [7, 11) is 0. The molecule has 12 heavy (non-hydrogen) atoms. The van der Waals surface area contributed by atoms with Gasteiger partial charge in [0.2, 0.25) is 0 Å². The van der Waals surface area contributed by atoms with E-state index in [-0.39, 0.29) is 0 Å². The minimum Gasteiger partial charge on any atom is -0.348 e. The predicted molar refractivity (Wildman–Crippen MR) is 49.2 cm³/mol. The summed E-state index contributed by atoms with van der Waals surface area (Å²) < 4.78 is 0. The van der Waals surface area contributed by atoms with Gasteiger partial charge in [0, 0.05) is 16.8 Å². The fraction of sp³-hybridized carbons (Fsp3) is 0.250. The van der Waals surface area contributed by atoms with E-state index in [0.29, 0.717) is 0 Å². The van der Waals surface area contributed by atoms with Crippen molar-refractivity contribution in [2.24, 2.45) is 0 Å². The Balaban J connectivity index is 2.50. The van der Waals surface area contributed by atoms with E-state index in [9.17, 15) is 0 Å². The lowest BCUT2D eigenvalue weighted by Gasteiger charge is -1.89. The van der Waals surface area contributed by atoms with Gasteiger partial charge in [-0.1, -0.05) is 0 Å². The quantitative estimate of drug-likeness (QED) is 0.728. The minimum absolute atomic E-state index is 0.966. The number of rotatable bonds is 1. The monoisotopic (exact) mass is 179 g/mol. The number of H-pyrrole nitrogens is 1. The van der Waals surface area contributed by atoms with Gasteiger partial charge < -0.3 is 4.98 Å². The molecule has 0 spiro atoms. The second-order valence-corrected chi connectivity index (χ2v) is 3.53. The maximum atomic E-state index is 4.35. The van der Waals surface area contributed by atoms with Crippen LogP contribution in [-0.2, 0) is 0 Å². The van der Waals surface area contributed by atoms with E-state index in [0.717, 1.165) is 22.1 Å². The smallest absolute Gasteiger partial charge is 0.143 e. The Labute approximate surface area is 74.5 Å². The van der Waals surface area contributed by atoms with Gasteiger partial charge in [-0.3, -0.25) is 0 Å². The van der Waals surface area contributed by atoms with Crippen LogP contribution in [0.25, 0.3) is 10.7 Å². The third-order valence-corrected chi connectivity index (χ3v) is 2.62. The Kier molecular flexibility index (Phi) is 1.69. The van der Waals surface area contributed by atoms with Gasteiger partial charge in [0.1, 0.15) is 10.7 Å². The third kappa shape index (κ3) is 1.14. The van der Waals surface area contributed by atoms with Crippen molar-refractivity contribution in [3.05, 3.63) is 23.1 Å². The number of hydrogen-bond acceptors (Lipinski definition) is 3. The van der Waals surface area contributed by atoms with Gasteiger partial charge in [0.05, 0.1) is 6.33 Å². The fourth-order valence-corrected chi connectivity index (χ4v) is 1.89. The summed E-state index contributed by atoms with van der Waals surface area (Å²) in [5.41, 5.74) is 3.09. The molecule has 0 aliphatic carbocycles. The van der Waals surface area contributed by atoms with Crippen LogP contribution in [0.5, 0.6) is 0 Å². The highest BCUT2D eigenvalue weighted by Crippen LogP contribution is 2.23. The molecule has 2 aromatic heterocycles. The van der Waals surface area contributed by atoms with Gasteiger partial charge in [-0.2, -0.15) is 0 Å². The van der Waals surface area contributed by atoms with Crippen molar-refractivity contribution in [2.75, 3.05) is 0 Å². The average Bonchev–Trinajstić information content (AvgIpc) is 2.58. The van der Waals surface area contributed by atoms with Crippen molar-refractivity contribution in [1.82, 2.24) is 15.0 Å².